The predicted molar refractivity (Wildman–Crippen MR) is 75.8 cm³/mol. The van der Waals surface area contributed by atoms with Crippen LogP contribution in [0.25, 0.3) is 0 Å². The number of amides is 1. The fraction of sp³-hybridized carbons (Fsp3) is 0.800. The van der Waals surface area contributed by atoms with E-state index >= 15 is 0 Å². The number of carbonyl (C=O) groups excluding carboxylic acids is 1. The van der Waals surface area contributed by atoms with Gasteiger partial charge >= 0.3 is 0 Å². The maximum atomic E-state index is 11.7. The smallest absolute Gasteiger partial charge is 0.244 e. The number of unbranched alkanes of at least 4 members (excludes halogenated alkanes) is 1. The Hall–Kier alpha value is -0.870. The molecule has 4 heteroatoms. The summed E-state index contributed by atoms with van der Waals surface area (Å²) in [4.78, 5) is 11.7. The van der Waals surface area contributed by atoms with E-state index in [2.05, 4.69) is 19.2 Å². The lowest BCUT2D eigenvalue weighted by atomic mass is 9.96. The Morgan fingerprint density at radius 3 is 2.95 bits per heavy atom. The third-order valence-electron chi connectivity index (χ3n) is 3.29. The molecule has 19 heavy (non-hydrogen) atoms. The van der Waals surface area contributed by atoms with Crippen LogP contribution in [-0.2, 0) is 14.3 Å². The SMILES string of the molecule is CCCCC(C)C/C(C)=C/C(=O)NCC1COCO1. The molecule has 2 unspecified atom stereocenters. The van der Waals surface area contributed by atoms with Gasteiger partial charge < -0.3 is 14.8 Å². The van der Waals surface area contributed by atoms with Crippen molar-refractivity contribution in [2.75, 3.05) is 19.9 Å². The van der Waals surface area contributed by atoms with E-state index in [1.165, 1.54) is 19.3 Å². The van der Waals surface area contributed by atoms with Crippen LogP contribution in [0.1, 0.15) is 46.5 Å². The van der Waals surface area contributed by atoms with Crippen LogP contribution in [0.5, 0.6) is 0 Å². The maximum absolute atomic E-state index is 11.7. The van der Waals surface area contributed by atoms with E-state index in [0.717, 1.165) is 12.0 Å². The van der Waals surface area contributed by atoms with Gasteiger partial charge in [0.1, 0.15) is 12.9 Å². The van der Waals surface area contributed by atoms with Gasteiger partial charge in [-0.15, -0.1) is 0 Å². The summed E-state index contributed by atoms with van der Waals surface area (Å²) in [5.74, 6) is 0.617. The van der Waals surface area contributed by atoms with Crippen molar-refractivity contribution < 1.29 is 14.3 Å². The average molecular weight is 269 g/mol. The minimum Gasteiger partial charge on any atom is -0.353 e. The molecule has 0 saturated carbocycles. The molecule has 1 N–H and O–H groups in total. The molecule has 110 valence electrons. The number of hydrogen-bond donors (Lipinski definition) is 1. The van der Waals surface area contributed by atoms with Crippen LogP contribution in [0.15, 0.2) is 11.6 Å². The van der Waals surface area contributed by atoms with E-state index in [4.69, 9.17) is 9.47 Å². The molecule has 1 aliphatic rings. The summed E-state index contributed by atoms with van der Waals surface area (Å²) >= 11 is 0. The van der Waals surface area contributed by atoms with Crippen molar-refractivity contribution in [3.05, 3.63) is 11.6 Å². The lowest BCUT2D eigenvalue weighted by Crippen LogP contribution is -2.32. The van der Waals surface area contributed by atoms with Crippen LogP contribution in [-0.4, -0.2) is 32.0 Å². The quantitative estimate of drug-likeness (QED) is 0.689. The number of hydrogen-bond acceptors (Lipinski definition) is 3. The zero-order valence-corrected chi connectivity index (χ0v) is 12.4. The fourth-order valence-electron chi connectivity index (χ4n) is 2.24. The first-order valence-corrected chi connectivity index (χ1v) is 7.26. The average Bonchev–Trinajstić information content (AvgIpc) is 2.86. The van der Waals surface area contributed by atoms with Gasteiger partial charge in [0, 0.05) is 12.6 Å². The molecule has 1 aliphatic heterocycles. The van der Waals surface area contributed by atoms with Crippen molar-refractivity contribution in [3.63, 3.8) is 0 Å². The van der Waals surface area contributed by atoms with Gasteiger partial charge in [-0.05, 0) is 19.3 Å². The Kier molecular flexibility index (Phi) is 7.75. The molecular weight excluding hydrogens is 242 g/mol. The highest BCUT2D eigenvalue weighted by Gasteiger charge is 2.16. The third-order valence-corrected chi connectivity index (χ3v) is 3.29. The molecule has 1 amide bonds. The van der Waals surface area contributed by atoms with E-state index in [9.17, 15) is 4.79 Å². The number of rotatable bonds is 8. The molecule has 0 aromatic carbocycles. The summed E-state index contributed by atoms with van der Waals surface area (Å²) in [5.41, 5.74) is 1.14. The molecule has 0 aromatic heterocycles. The van der Waals surface area contributed by atoms with E-state index in [1.807, 2.05) is 6.92 Å². The third kappa shape index (κ3) is 7.33. The minimum absolute atomic E-state index is 0.00105. The summed E-state index contributed by atoms with van der Waals surface area (Å²) in [6.45, 7) is 7.90. The monoisotopic (exact) mass is 269 g/mol. The maximum Gasteiger partial charge on any atom is 0.244 e. The molecule has 0 bridgehead atoms. The van der Waals surface area contributed by atoms with Gasteiger partial charge in [-0.1, -0.05) is 38.7 Å². The van der Waals surface area contributed by atoms with Gasteiger partial charge in [0.25, 0.3) is 0 Å². The van der Waals surface area contributed by atoms with E-state index in [0.29, 0.717) is 25.9 Å². The van der Waals surface area contributed by atoms with Crippen molar-refractivity contribution in [2.45, 2.75) is 52.6 Å². The van der Waals surface area contributed by atoms with E-state index < -0.39 is 0 Å². The molecule has 2 atom stereocenters. The van der Waals surface area contributed by atoms with Crippen LogP contribution in [0.3, 0.4) is 0 Å². The van der Waals surface area contributed by atoms with E-state index in [1.54, 1.807) is 6.08 Å². The number of nitrogens with one attached hydrogen (secondary N) is 1. The van der Waals surface area contributed by atoms with Crippen LogP contribution >= 0.6 is 0 Å². The number of carbonyl (C=O) groups is 1. The number of ether oxygens (including phenoxy) is 2. The summed E-state index contributed by atoms with van der Waals surface area (Å²) in [5, 5.41) is 2.85. The minimum atomic E-state index is -0.0318. The van der Waals surface area contributed by atoms with Gasteiger partial charge in [-0.25, -0.2) is 0 Å². The standard InChI is InChI=1S/C15H27NO3/c1-4-5-6-12(2)7-13(3)8-15(17)16-9-14-10-18-11-19-14/h8,12,14H,4-7,9-11H2,1-3H3,(H,16,17)/b13-8+. The molecule has 0 aromatic rings. The second-order valence-corrected chi connectivity index (χ2v) is 5.46. The first kappa shape index (κ1) is 16.2. The van der Waals surface area contributed by atoms with Crippen LogP contribution < -0.4 is 5.32 Å². The Morgan fingerprint density at radius 1 is 1.53 bits per heavy atom. The first-order chi connectivity index (χ1) is 9.11. The second-order valence-electron chi connectivity index (χ2n) is 5.46. The molecule has 1 heterocycles. The van der Waals surface area contributed by atoms with Crippen molar-refractivity contribution in [3.8, 4) is 0 Å². The van der Waals surface area contributed by atoms with Gasteiger partial charge in [0.2, 0.25) is 5.91 Å². The predicted octanol–water partition coefficient (Wildman–Crippen LogP) is 2.64. The van der Waals surface area contributed by atoms with Crippen LogP contribution in [0.4, 0.5) is 0 Å². The van der Waals surface area contributed by atoms with E-state index in [-0.39, 0.29) is 12.0 Å². The second kappa shape index (κ2) is 9.10. The molecule has 1 fully saturated rings. The van der Waals surface area contributed by atoms with Crippen molar-refractivity contribution in [1.82, 2.24) is 5.32 Å². The highest BCUT2D eigenvalue weighted by Crippen LogP contribution is 2.16. The molecule has 4 nitrogen and oxygen atoms in total. The summed E-state index contributed by atoms with van der Waals surface area (Å²) < 4.78 is 10.3. The Bertz CT molecular complexity index is 296. The van der Waals surface area contributed by atoms with Gasteiger partial charge in [-0.3, -0.25) is 4.79 Å². The fourth-order valence-corrected chi connectivity index (χ4v) is 2.24. The topological polar surface area (TPSA) is 47.6 Å². The Balaban J connectivity index is 2.21. The van der Waals surface area contributed by atoms with Crippen molar-refractivity contribution in [2.24, 2.45) is 5.92 Å². The molecule has 1 saturated heterocycles. The van der Waals surface area contributed by atoms with Crippen molar-refractivity contribution in [1.29, 1.82) is 0 Å². The van der Waals surface area contributed by atoms with Gasteiger partial charge in [0.15, 0.2) is 0 Å². The zero-order chi connectivity index (χ0) is 14.1. The number of allylic oxidation sites excluding steroid dienone is 1. The lowest BCUT2D eigenvalue weighted by molar-refractivity contribution is -0.117. The molecule has 0 spiro atoms. The zero-order valence-electron chi connectivity index (χ0n) is 12.4. The molecule has 1 rings (SSSR count). The van der Waals surface area contributed by atoms with Crippen LogP contribution in [0, 0.1) is 5.92 Å². The summed E-state index contributed by atoms with van der Waals surface area (Å²) in [6, 6.07) is 0. The first-order valence-electron chi connectivity index (χ1n) is 7.26. The van der Waals surface area contributed by atoms with Gasteiger partial charge in [-0.2, -0.15) is 0 Å². The molecule has 0 radical (unpaired) electrons. The van der Waals surface area contributed by atoms with Gasteiger partial charge in [0.05, 0.1) is 6.61 Å². The summed E-state index contributed by atoms with van der Waals surface area (Å²) in [6.07, 6.45) is 6.43. The Morgan fingerprint density at radius 2 is 2.32 bits per heavy atom. The highest BCUT2D eigenvalue weighted by molar-refractivity contribution is 5.88. The highest BCUT2D eigenvalue weighted by atomic mass is 16.7. The largest absolute Gasteiger partial charge is 0.353 e. The summed E-state index contributed by atoms with van der Waals surface area (Å²) in [7, 11) is 0. The normalized spacial score (nSPS) is 21.4. The van der Waals surface area contributed by atoms with Crippen molar-refractivity contribution >= 4 is 5.91 Å². The van der Waals surface area contributed by atoms with Crippen LogP contribution in [0.2, 0.25) is 0 Å². The Labute approximate surface area is 116 Å². The molecule has 0 aliphatic carbocycles. The lowest BCUT2D eigenvalue weighted by Gasteiger charge is -2.11. The molecular formula is C15H27NO3.